The van der Waals surface area contributed by atoms with Crippen molar-refractivity contribution in [3.05, 3.63) is 24.3 Å². The molecular weight excluding hydrogens is 228 g/mol. The molecule has 5 nitrogen and oxygen atoms in total. The minimum absolute atomic E-state index is 0.347. The van der Waals surface area contributed by atoms with E-state index in [-0.39, 0.29) is 0 Å². The lowest BCUT2D eigenvalue weighted by atomic mass is 10.3. The highest BCUT2D eigenvalue weighted by molar-refractivity contribution is 7.92. The Morgan fingerprint density at radius 2 is 2.12 bits per heavy atom. The molecule has 0 spiro atoms. The van der Waals surface area contributed by atoms with Crippen LogP contribution in [0.1, 0.15) is 6.92 Å². The van der Waals surface area contributed by atoms with Crippen LogP contribution >= 0.6 is 0 Å². The molecule has 1 rings (SSSR count). The van der Waals surface area contributed by atoms with Crippen molar-refractivity contribution in [2.24, 2.45) is 0 Å². The average molecular weight is 240 g/mol. The zero-order valence-electron chi connectivity index (χ0n) is 8.80. The van der Waals surface area contributed by atoms with Crippen LogP contribution in [0.15, 0.2) is 24.3 Å². The minimum Gasteiger partial charge on any atom is -0.492 e. The van der Waals surface area contributed by atoms with Gasteiger partial charge in [0, 0.05) is 0 Å². The smallest absolute Gasteiger partial charge is 0.246 e. The van der Waals surface area contributed by atoms with Crippen LogP contribution in [0.25, 0.3) is 0 Å². The zero-order valence-corrected chi connectivity index (χ0v) is 9.62. The summed E-state index contributed by atoms with van der Waals surface area (Å²) in [4.78, 5) is 0. The Labute approximate surface area is 94.7 Å². The van der Waals surface area contributed by atoms with Gasteiger partial charge in [0.25, 0.3) is 0 Å². The maximum Gasteiger partial charge on any atom is 0.246 e. The SMILES string of the molecule is CCOc1ccccc1NS(=O)(=O)CC#N. The third kappa shape index (κ3) is 3.44. The van der Waals surface area contributed by atoms with Crippen molar-refractivity contribution >= 4 is 15.7 Å². The lowest BCUT2D eigenvalue weighted by Crippen LogP contribution is -2.16. The maximum absolute atomic E-state index is 11.4. The first kappa shape index (κ1) is 12.3. The number of rotatable bonds is 5. The third-order valence-electron chi connectivity index (χ3n) is 1.71. The van der Waals surface area contributed by atoms with E-state index in [4.69, 9.17) is 10.00 Å². The standard InChI is InChI=1S/C10H12N2O3S/c1-2-15-10-6-4-3-5-9(10)12-16(13,14)8-7-11/h3-6,12H,2,8H2,1H3. The van der Waals surface area contributed by atoms with Crippen molar-refractivity contribution in [1.29, 1.82) is 5.26 Å². The summed E-state index contributed by atoms with van der Waals surface area (Å²) < 4.78 is 30.3. The molecule has 0 radical (unpaired) electrons. The lowest BCUT2D eigenvalue weighted by Gasteiger charge is -2.10. The second-order valence-electron chi connectivity index (χ2n) is 2.95. The first-order valence-corrected chi connectivity index (χ1v) is 6.33. The van der Waals surface area contributed by atoms with Crippen LogP contribution in [0.3, 0.4) is 0 Å². The number of nitrogens with zero attached hydrogens (tertiary/aromatic N) is 1. The molecule has 0 atom stereocenters. The first-order valence-electron chi connectivity index (χ1n) is 4.68. The molecule has 1 N–H and O–H groups in total. The molecule has 0 saturated heterocycles. The van der Waals surface area contributed by atoms with Crippen LogP contribution in [-0.2, 0) is 10.0 Å². The number of para-hydroxylation sites is 2. The molecule has 0 fully saturated rings. The maximum atomic E-state index is 11.4. The molecule has 0 aliphatic heterocycles. The monoisotopic (exact) mass is 240 g/mol. The first-order chi connectivity index (χ1) is 7.59. The topological polar surface area (TPSA) is 79.2 Å². The fourth-order valence-corrected chi connectivity index (χ4v) is 1.87. The predicted molar refractivity (Wildman–Crippen MR) is 60.6 cm³/mol. The molecule has 0 aliphatic rings. The Balaban J connectivity index is 2.93. The van der Waals surface area contributed by atoms with E-state index >= 15 is 0 Å². The molecule has 0 aromatic heterocycles. The van der Waals surface area contributed by atoms with E-state index in [1.54, 1.807) is 37.3 Å². The van der Waals surface area contributed by atoms with Gasteiger partial charge in [0.2, 0.25) is 10.0 Å². The summed E-state index contributed by atoms with van der Waals surface area (Å²) in [6, 6.07) is 8.26. The highest BCUT2D eigenvalue weighted by Gasteiger charge is 2.12. The molecule has 16 heavy (non-hydrogen) atoms. The summed E-state index contributed by atoms with van der Waals surface area (Å²) in [5.74, 6) is -0.125. The molecule has 6 heteroatoms. The third-order valence-corrected chi connectivity index (χ3v) is 2.75. The van der Waals surface area contributed by atoms with Crippen LogP contribution in [0.4, 0.5) is 5.69 Å². The van der Waals surface area contributed by atoms with Crippen molar-refractivity contribution in [3.8, 4) is 11.8 Å². The summed E-state index contributed by atoms with van der Waals surface area (Å²) in [5, 5.41) is 8.35. The Hall–Kier alpha value is -1.74. The minimum atomic E-state index is -3.62. The molecule has 0 unspecified atom stereocenters. The number of sulfonamides is 1. The Morgan fingerprint density at radius 3 is 2.75 bits per heavy atom. The molecular formula is C10H12N2O3S. The molecule has 0 heterocycles. The Bertz CT molecular complexity index is 491. The van der Waals surface area contributed by atoms with Gasteiger partial charge in [0.1, 0.15) is 5.75 Å². The van der Waals surface area contributed by atoms with Gasteiger partial charge in [-0.2, -0.15) is 5.26 Å². The van der Waals surface area contributed by atoms with Gasteiger partial charge in [0.15, 0.2) is 5.75 Å². The largest absolute Gasteiger partial charge is 0.492 e. The van der Waals surface area contributed by atoms with E-state index in [9.17, 15) is 8.42 Å². The number of nitriles is 1. The van der Waals surface area contributed by atoms with Crippen molar-refractivity contribution in [3.63, 3.8) is 0 Å². The van der Waals surface area contributed by atoms with E-state index in [2.05, 4.69) is 4.72 Å². The molecule has 0 bridgehead atoms. The molecule has 0 saturated carbocycles. The molecule has 1 aromatic carbocycles. The van der Waals surface area contributed by atoms with Gasteiger partial charge in [-0.3, -0.25) is 4.72 Å². The predicted octanol–water partition coefficient (Wildman–Crippen LogP) is 1.35. The zero-order chi connectivity index (χ0) is 12.0. The number of anilines is 1. The van der Waals surface area contributed by atoms with Crippen LogP contribution in [0.2, 0.25) is 0 Å². The highest BCUT2D eigenvalue weighted by atomic mass is 32.2. The van der Waals surface area contributed by atoms with Crippen molar-refractivity contribution in [1.82, 2.24) is 0 Å². The van der Waals surface area contributed by atoms with Crippen LogP contribution in [0.5, 0.6) is 5.75 Å². The second-order valence-corrected chi connectivity index (χ2v) is 4.67. The van der Waals surface area contributed by atoms with Gasteiger partial charge in [-0.25, -0.2) is 8.42 Å². The quantitative estimate of drug-likeness (QED) is 0.842. The fraction of sp³-hybridized carbons (Fsp3) is 0.300. The van der Waals surface area contributed by atoms with Gasteiger partial charge in [-0.1, -0.05) is 12.1 Å². The van der Waals surface area contributed by atoms with E-state index in [0.717, 1.165) is 0 Å². The summed E-state index contributed by atoms with van der Waals surface area (Å²) >= 11 is 0. The van der Waals surface area contributed by atoms with Gasteiger partial charge in [-0.15, -0.1) is 0 Å². The summed E-state index contributed by atoms with van der Waals surface area (Å²) in [5.41, 5.74) is 0.347. The fourth-order valence-electron chi connectivity index (χ4n) is 1.12. The number of nitrogens with one attached hydrogen (secondary N) is 1. The molecule has 0 amide bonds. The number of benzene rings is 1. The number of hydrogen-bond donors (Lipinski definition) is 1. The van der Waals surface area contributed by atoms with Crippen molar-refractivity contribution in [2.75, 3.05) is 17.1 Å². The Kier molecular flexibility index (Phi) is 4.14. The van der Waals surface area contributed by atoms with Gasteiger partial charge < -0.3 is 4.74 Å². The normalized spacial score (nSPS) is 10.5. The van der Waals surface area contributed by atoms with Crippen molar-refractivity contribution in [2.45, 2.75) is 6.92 Å². The Morgan fingerprint density at radius 1 is 1.44 bits per heavy atom. The summed E-state index contributed by atoms with van der Waals surface area (Å²) in [6.07, 6.45) is 0. The lowest BCUT2D eigenvalue weighted by molar-refractivity contribution is 0.342. The number of ether oxygens (including phenoxy) is 1. The van der Waals surface area contributed by atoms with Crippen LogP contribution in [-0.4, -0.2) is 20.8 Å². The van der Waals surface area contributed by atoms with E-state index in [1.165, 1.54) is 0 Å². The van der Waals surface area contributed by atoms with Gasteiger partial charge in [0.05, 0.1) is 18.4 Å². The van der Waals surface area contributed by atoms with E-state index < -0.39 is 15.8 Å². The van der Waals surface area contributed by atoms with Gasteiger partial charge >= 0.3 is 0 Å². The van der Waals surface area contributed by atoms with Gasteiger partial charge in [-0.05, 0) is 19.1 Å². The molecule has 0 aliphatic carbocycles. The second kappa shape index (κ2) is 5.37. The summed E-state index contributed by atoms with van der Waals surface area (Å²) in [6.45, 7) is 2.25. The molecule has 1 aromatic rings. The van der Waals surface area contributed by atoms with E-state index in [1.807, 2.05) is 0 Å². The number of hydrogen-bond acceptors (Lipinski definition) is 4. The highest BCUT2D eigenvalue weighted by Crippen LogP contribution is 2.24. The van der Waals surface area contributed by atoms with Crippen LogP contribution in [0, 0.1) is 11.3 Å². The van der Waals surface area contributed by atoms with Crippen molar-refractivity contribution < 1.29 is 13.2 Å². The average Bonchev–Trinajstić information content (AvgIpc) is 2.20. The van der Waals surface area contributed by atoms with E-state index in [0.29, 0.717) is 18.0 Å². The summed E-state index contributed by atoms with van der Waals surface area (Å²) in [7, 11) is -3.62. The molecule has 86 valence electrons. The van der Waals surface area contributed by atoms with Crippen LogP contribution < -0.4 is 9.46 Å².